The normalized spacial score (nSPS) is 11.4. The average Bonchev–Trinajstić information content (AvgIpc) is 2.77. The monoisotopic (exact) mass is 492 g/mol. The molecule has 0 bridgehead atoms. The largest absolute Gasteiger partial charge is 0.490 e. The smallest absolute Gasteiger partial charge is 0.238 e. The fourth-order valence-electron chi connectivity index (χ4n) is 3.16. The van der Waals surface area contributed by atoms with Crippen LogP contribution in [-0.4, -0.2) is 21.6 Å². The highest BCUT2D eigenvalue weighted by Crippen LogP contribution is 2.30. The Labute approximate surface area is 198 Å². The first kappa shape index (κ1) is 25.0. The molecular weight excluding hydrogens is 467 g/mol. The molecule has 3 aromatic rings. The second kappa shape index (κ2) is 11.5. The fraction of sp³-hybridized carbons (Fsp3) is 0.250. The molecule has 0 atom stereocenters. The van der Waals surface area contributed by atoms with Gasteiger partial charge in [-0.05, 0) is 67.4 Å². The van der Waals surface area contributed by atoms with Crippen LogP contribution in [0, 0.1) is 5.82 Å². The van der Waals surface area contributed by atoms with Crippen molar-refractivity contribution in [1.29, 1.82) is 0 Å². The van der Waals surface area contributed by atoms with Crippen LogP contribution >= 0.6 is 11.6 Å². The van der Waals surface area contributed by atoms with Gasteiger partial charge in [0.1, 0.15) is 12.4 Å². The number of hydrogen-bond donors (Lipinski definition) is 2. The van der Waals surface area contributed by atoms with Gasteiger partial charge in [0.25, 0.3) is 0 Å². The molecule has 0 heterocycles. The Hall–Kier alpha value is -2.65. The number of primary sulfonamides is 1. The van der Waals surface area contributed by atoms with E-state index in [-0.39, 0.29) is 11.5 Å². The van der Waals surface area contributed by atoms with E-state index in [0.29, 0.717) is 41.8 Å². The molecule has 0 aromatic heterocycles. The third-order valence-electron chi connectivity index (χ3n) is 4.88. The number of rotatable bonds is 11. The van der Waals surface area contributed by atoms with Crippen LogP contribution < -0.4 is 19.9 Å². The number of nitrogens with two attached hydrogens (primary N) is 1. The van der Waals surface area contributed by atoms with E-state index < -0.39 is 15.8 Å². The van der Waals surface area contributed by atoms with E-state index in [2.05, 4.69) is 5.32 Å². The highest BCUT2D eigenvalue weighted by atomic mass is 35.5. The Morgan fingerprint density at radius 1 is 0.970 bits per heavy atom. The van der Waals surface area contributed by atoms with Crippen LogP contribution in [0.25, 0.3) is 0 Å². The van der Waals surface area contributed by atoms with Crippen LogP contribution in [0.15, 0.2) is 65.6 Å². The molecule has 3 rings (SSSR count). The predicted molar refractivity (Wildman–Crippen MR) is 127 cm³/mol. The molecule has 0 amide bonds. The average molecular weight is 493 g/mol. The first-order chi connectivity index (χ1) is 15.8. The molecule has 3 N–H and O–H groups in total. The zero-order valence-electron chi connectivity index (χ0n) is 18.2. The van der Waals surface area contributed by atoms with Gasteiger partial charge in [-0.25, -0.2) is 17.9 Å². The molecule has 0 radical (unpaired) electrons. The zero-order chi connectivity index (χ0) is 23.8. The predicted octanol–water partition coefficient (Wildman–Crippen LogP) is 4.44. The van der Waals surface area contributed by atoms with E-state index in [4.69, 9.17) is 26.2 Å². The molecule has 0 saturated carbocycles. The Balaban J connectivity index is 1.55. The van der Waals surface area contributed by atoms with Crippen LogP contribution in [0.3, 0.4) is 0 Å². The van der Waals surface area contributed by atoms with Gasteiger partial charge in [0.2, 0.25) is 10.0 Å². The van der Waals surface area contributed by atoms with E-state index >= 15 is 0 Å². The van der Waals surface area contributed by atoms with Crippen LogP contribution in [0.2, 0.25) is 5.02 Å². The number of benzene rings is 3. The maximum Gasteiger partial charge on any atom is 0.238 e. The van der Waals surface area contributed by atoms with Crippen molar-refractivity contribution in [1.82, 2.24) is 5.32 Å². The topological polar surface area (TPSA) is 90.6 Å². The van der Waals surface area contributed by atoms with Crippen LogP contribution in [-0.2, 0) is 29.6 Å². The summed E-state index contributed by atoms with van der Waals surface area (Å²) in [6.45, 7) is 3.91. The zero-order valence-corrected chi connectivity index (χ0v) is 19.8. The van der Waals surface area contributed by atoms with Gasteiger partial charge in [0, 0.05) is 12.1 Å². The molecule has 33 heavy (non-hydrogen) atoms. The molecule has 0 aliphatic heterocycles. The lowest BCUT2D eigenvalue weighted by Crippen LogP contribution is -2.17. The SMILES string of the molecule is CCOc1cc(CNCCc2ccc(S(N)(=O)=O)cc2)ccc1OCc1ccc(F)cc1Cl. The molecule has 9 heteroatoms. The van der Waals surface area contributed by atoms with Crippen LogP contribution in [0.1, 0.15) is 23.6 Å². The van der Waals surface area contributed by atoms with E-state index in [1.54, 1.807) is 18.2 Å². The van der Waals surface area contributed by atoms with Crippen molar-refractivity contribution in [2.75, 3.05) is 13.2 Å². The lowest BCUT2D eigenvalue weighted by molar-refractivity contribution is 0.269. The second-order valence-electron chi connectivity index (χ2n) is 7.35. The molecule has 0 unspecified atom stereocenters. The van der Waals surface area contributed by atoms with Gasteiger partial charge in [-0.2, -0.15) is 0 Å². The van der Waals surface area contributed by atoms with Crippen molar-refractivity contribution in [3.63, 3.8) is 0 Å². The third kappa shape index (κ3) is 7.43. The summed E-state index contributed by atoms with van der Waals surface area (Å²) in [6, 6.07) is 16.4. The van der Waals surface area contributed by atoms with E-state index in [9.17, 15) is 12.8 Å². The van der Waals surface area contributed by atoms with Crippen molar-refractivity contribution >= 4 is 21.6 Å². The molecule has 0 aliphatic carbocycles. The summed E-state index contributed by atoms with van der Waals surface area (Å²) in [7, 11) is -3.68. The lowest BCUT2D eigenvalue weighted by atomic mass is 10.1. The second-order valence-corrected chi connectivity index (χ2v) is 9.32. The van der Waals surface area contributed by atoms with Crippen molar-refractivity contribution < 1.29 is 22.3 Å². The summed E-state index contributed by atoms with van der Waals surface area (Å²) in [5.41, 5.74) is 2.71. The van der Waals surface area contributed by atoms with Crippen LogP contribution in [0.4, 0.5) is 4.39 Å². The van der Waals surface area contributed by atoms with E-state index in [1.165, 1.54) is 24.3 Å². The maximum atomic E-state index is 13.2. The van der Waals surface area contributed by atoms with Gasteiger partial charge in [-0.3, -0.25) is 0 Å². The summed E-state index contributed by atoms with van der Waals surface area (Å²) < 4.78 is 47.5. The van der Waals surface area contributed by atoms with E-state index in [0.717, 1.165) is 17.5 Å². The molecule has 0 aliphatic rings. The summed E-state index contributed by atoms with van der Waals surface area (Å²) in [5.74, 6) is 0.806. The molecule has 6 nitrogen and oxygen atoms in total. The Bertz CT molecular complexity index is 1190. The number of hydrogen-bond acceptors (Lipinski definition) is 5. The van der Waals surface area contributed by atoms with Gasteiger partial charge in [0.05, 0.1) is 16.5 Å². The minimum absolute atomic E-state index is 0.103. The number of nitrogens with one attached hydrogen (secondary N) is 1. The Kier molecular flexibility index (Phi) is 8.68. The van der Waals surface area contributed by atoms with Crippen LogP contribution in [0.5, 0.6) is 11.5 Å². The highest BCUT2D eigenvalue weighted by Gasteiger charge is 2.10. The standard InChI is InChI=1S/C24H26ClFN2O4S/c1-2-31-24-13-18(5-10-23(24)32-16-19-6-7-20(26)14-22(19)25)15-28-12-11-17-3-8-21(9-4-17)33(27,29)30/h3-10,13-14,28H,2,11-12,15-16H2,1H3,(H2,27,29,30). The highest BCUT2D eigenvalue weighted by molar-refractivity contribution is 7.89. The van der Waals surface area contributed by atoms with Gasteiger partial charge >= 0.3 is 0 Å². The molecule has 0 saturated heterocycles. The first-order valence-corrected chi connectivity index (χ1v) is 12.3. The van der Waals surface area contributed by atoms with Crippen molar-refractivity contribution in [2.45, 2.75) is 31.4 Å². The number of halogens is 2. The number of ether oxygens (including phenoxy) is 2. The lowest BCUT2D eigenvalue weighted by Gasteiger charge is -2.14. The Morgan fingerprint density at radius 2 is 1.70 bits per heavy atom. The van der Waals surface area contributed by atoms with E-state index in [1.807, 2.05) is 25.1 Å². The molecule has 176 valence electrons. The van der Waals surface area contributed by atoms with Crippen molar-refractivity contribution in [3.8, 4) is 11.5 Å². The molecule has 3 aromatic carbocycles. The summed E-state index contributed by atoms with van der Waals surface area (Å²) >= 11 is 6.07. The Morgan fingerprint density at radius 3 is 2.36 bits per heavy atom. The minimum atomic E-state index is -3.68. The minimum Gasteiger partial charge on any atom is -0.490 e. The van der Waals surface area contributed by atoms with Gasteiger partial charge in [0.15, 0.2) is 11.5 Å². The summed E-state index contributed by atoms with van der Waals surface area (Å²) in [6.07, 6.45) is 0.739. The quantitative estimate of drug-likeness (QED) is 0.386. The van der Waals surface area contributed by atoms with Gasteiger partial charge in [-0.15, -0.1) is 0 Å². The van der Waals surface area contributed by atoms with Gasteiger partial charge < -0.3 is 14.8 Å². The fourth-order valence-corrected chi connectivity index (χ4v) is 3.89. The molecule has 0 spiro atoms. The van der Waals surface area contributed by atoms with Crippen molar-refractivity contribution in [3.05, 3.63) is 88.2 Å². The number of sulfonamides is 1. The maximum absolute atomic E-state index is 13.2. The molecule has 0 fully saturated rings. The first-order valence-electron chi connectivity index (χ1n) is 10.4. The summed E-state index contributed by atoms with van der Waals surface area (Å²) in [4.78, 5) is 0.103. The third-order valence-corrected chi connectivity index (χ3v) is 6.16. The summed E-state index contributed by atoms with van der Waals surface area (Å²) in [5, 5.41) is 8.79. The van der Waals surface area contributed by atoms with Gasteiger partial charge in [-0.1, -0.05) is 35.9 Å². The molecular formula is C24H26ClFN2O4S. The van der Waals surface area contributed by atoms with Crippen molar-refractivity contribution in [2.24, 2.45) is 5.14 Å².